The number of rotatable bonds is 30. The van der Waals surface area contributed by atoms with E-state index in [1.54, 1.807) is 30.3 Å². The van der Waals surface area contributed by atoms with Gasteiger partial charge in [0.25, 0.3) is 21.9 Å². The van der Waals surface area contributed by atoms with Crippen LogP contribution in [0.25, 0.3) is 0 Å². The van der Waals surface area contributed by atoms with E-state index in [0.29, 0.717) is 38.1 Å². The Kier molecular flexibility index (Phi) is 23.4. The van der Waals surface area contributed by atoms with E-state index in [2.05, 4.69) is 24.9 Å². The number of fused-ring (bicyclic) bond motifs is 2. The van der Waals surface area contributed by atoms with Gasteiger partial charge in [0.05, 0.1) is 36.6 Å². The summed E-state index contributed by atoms with van der Waals surface area (Å²) in [6, 6.07) is 10.2. The molecule has 0 bridgehead atoms. The number of carbonyl (C=O) groups is 2. The predicted molar refractivity (Wildman–Crippen MR) is 271 cm³/mol. The van der Waals surface area contributed by atoms with Crippen LogP contribution in [0.5, 0.6) is 0 Å². The molecule has 2 heterocycles. The smallest absolute Gasteiger partial charge is 0.264 e. The fourth-order valence-corrected chi connectivity index (χ4v) is 9.61. The van der Waals surface area contributed by atoms with Gasteiger partial charge in [0, 0.05) is 89.5 Å². The van der Waals surface area contributed by atoms with E-state index in [4.69, 9.17) is 15.5 Å². The van der Waals surface area contributed by atoms with Gasteiger partial charge in [0.2, 0.25) is 5.69 Å². The van der Waals surface area contributed by atoms with Crippen molar-refractivity contribution >= 4 is 51.1 Å². The number of aliphatic hydroxyl groups excluding tert-OH is 10. The largest absolute Gasteiger partial charge is 0.394 e. The number of anilines is 1. The molecule has 0 aliphatic carbocycles. The van der Waals surface area contributed by atoms with Crippen LogP contribution >= 0.6 is 12.0 Å². The molecule has 14 N–H and O–H groups in total. The Labute approximate surface area is 428 Å². The lowest BCUT2D eigenvalue weighted by Crippen LogP contribution is -2.49. The lowest BCUT2D eigenvalue weighted by Gasteiger charge is -2.27. The fraction of sp³-hybridized carbons (Fsp3) is 0.531. The molecule has 2 aromatic carbocycles. The number of nitrogens with zero attached hydrogens (tertiary/aromatic N) is 2. The van der Waals surface area contributed by atoms with E-state index in [9.17, 15) is 63.4 Å². The number of hydrogen-bond acceptors (Lipinski definition) is 19. The SMILES string of the molecule is CC1(C)C(/C=C/C=C/C=C/C=C2/N(CCCCSOOO)c3ccc(C(=O)NCC(O)C(O)C(O)C(O)CO)cc3C2(C)C)=[N+](CCCCS(=O)(=O)O)c2ccc(C(=O)NCC(O)C(O)C(O)C(O)CO)cc21. The third-order valence-electron chi connectivity index (χ3n) is 12.8. The van der Waals surface area contributed by atoms with Gasteiger partial charge in [0.15, 0.2) is 5.71 Å². The van der Waals surface area contributed by atoms with Crippen molar-refractivity contribution in [2.24, 2.45) is 0 Å². The second kappa shape index (κ2) is 27.9. The van der Waals surface area contributed by atoms with Crippen LogP contribution in [0.3, 0.4) is 0 Å². The molecule has 2 amide bonds. The highest BCUT2D eigenvalue weighted by atomic mass is 32.2. The molecule has 0 spiro atoms. The molecule has 2 aliphatic heterocycles. The highest BCUT2D eigenvalue weighted by Gasteiger charge is 2.45. The van der Waals surface area contributed by atoms with E-state index >= 15 is 0 Å². The lowest BCUT2D eigenvalue weighted by atomic mass is 9.80. The Morgan fingerprint density at radius 2 is 1.25 bits per heavy atom. The predicted octanol–water partition coefficient (Wildman–Crippen LogP) is 0.262. The van der Waals surface area contributed by atoms with E-state index in [1.165, 1.54) is 0 Å². The maximum atomic E-state index is 13.3. The first-order valence-electron chi connectivity index (χ1n) is 23.6. The van der Waals surface area contributed by atoms with Gasteiger partial charge in [-0.1, -0.05) is 49.3 Å². The Hall–Kier alpha value is -4.45. The Morgan fingerprint density at radius 3 is 1.81 bits per heavy atom. The third-order valence-corrected chi connectivity index (χ3v) is 14.2. The second-order valence-electron chi connectivity index (χ2n) is 18.8. The van der Waals surface area contributed by atoms with Crippen molar-refractivity contribution in [3.05, 3.63) is 107 Å². The fourth-order valence-electron chi connectivity index (χ4n) is 8.61. The molecule has 8 unspecified atom stereocenters. The normalized spacial score (nSPS) is 19.3. The summed E-state index contributed by atoms with van der Waals surface area (Å²) in [6.45, 7) is 6.29. The highest BCUT2D eigenvalue weighted by Crippen LogP contribution is 2.48. The maximum absolute atomic E-state index is 13.3. The van der Waals surface area contributed by atoms with Crippen molar-refractivity contribution in [2.45, 2.75) is 113 Å². The average Bonchev–Trinajstić information content (AvgIpc) is 3.71. The summed E-state index contributed by atoms with van der Waals surface area (Å²) in [5.74, 6) is -1.03. The molecule has 0 saturated carbocycles. The van der Waals surface area contributed by atoms with Crippen molar-refractivity contribution in [2.75, 3.05) is 55.8 Å². The first kappa shape index (κ1) is 61.1. The molecule has 406 valence electrons. The van der Waals surface area contributed by atoms with Gasteiger partial charge >= 0.3 is 0 Å². The average molecular weight is 1070 g/mol. The number of hydrogen-bond donors (Lipinski definition) is 14. The number of nitrogens with one attached hydrogen (secondary N) is 2. The molecule has 4 rings (SSSR count). The van der Waals surface area contributed by atoms with Crippen molar-refractivity contribution in [1.82, 2.24) is 10.6 Å². The monoisotopic (exact) mass is 1070 g/mol. The molecule has 8 atom stereocenters. The van der Waals surface area contributed by atoms with Crippen LogP contribution < -0.4 is 15.5 Å². The van der Waals surface area contributed by atoms with Gasteiger partial charge in [-0.05, 0) is 75.1 Å². The molecule has 22 nitrogen and oxygen atoms in total. The minimum absolute atomic E-state index is 0.189. The molecular formula is C49H71N4O18S2+. The molecule has 0 radical (unpaired) electrons. The van der Waals surface area contributed by atoms with Gasteiger partial charge in [-0.3, -0.25) is 14.1 Å². The number of allylic oxidation sites excluding steroid dienone is 8. The quantitative estimate of drug-likeness (QED) is 0.00949. The zero-order chi connectivity index (χ0) is 54.3. The van der Waals surface area contributed by atoms with Crippen molar-refractivity contribution < 1.29 is 92.8 Å². The summed E-state index contributed by atoms with van der Waals surface area (Å²) in [5.41, 5.74) is 4.15. The number of unbranched alkanes of at least 4 members (excludes halogenated alkanes) is 2. The van der Waals surface area contributed by atoms with Crippen LogP contribution in [0.4, 0.5) is 11.4 Å². The van der Waals surface area contributed by atoms with Crippen LogP contribution in [0, 0.1) is 0 Å². The van der Waals surface area contributed by atoms with Gasteiger partial charge in [-0.2, -0.15) is 13.0 Å². The first-order chi connectivity index (χ1) is 34.4. The van der Waals surface area contributed by atoms with Gasteiger partial charge < -0.3 is 66.6 Å². The molecule has 24 heteroatoms. The summed E-state index contributed by atoms with van der Waals surface area (Å²) in [7, 11) is -4.18. The minimum atomic E-state index is -4.18. The summed E-state index contributed by atoms with van der Waals surface area (Å²) < 4.78 is 38.8. The lowest BCUT2D eigenvalue weighted by molar-refractivity contribution is -0.438. The zero-order valence-corrected chi connectivity index (χ0v) is 42.8. The van der Waals surface area contributed by atoms with Crippen LogP contribution in [0.15, 0.2) is 84.6 Å². The van der Waals surface area contributed by atoms with E-state index < -0.39 is 114 Å². The van der Waals surface area contributed by atoms with Gasteiger partial charge in [0.1, 0.15) is 43.2 Å². The molecule has 2 aromatic rings. The molecule has 0 saturated heterocycles. The van der Waals surface area contributed by atoms with Gasteiger partial charge in [-0.15, -0.1) is 4.33 Å². The Balaban J connectivity index is 1.56. The van der Waals surface area contributed by atoms with Crippen LogP contribution in [-0.2, 0) is 30.3 Å². The molecule has 2 aliphatic rings. The van der Waals surface area contributed by atoms with Crippen LogP contribution in [0.2, 0.25) is 0 Å². The number of amides is 2. The summed E-state index contributed by atoms with van der Waals surface area (Å²) in [6.07, 6.45) is 0.985. The Morgan fingerprint density at radius 1 is 0.712 bits per heavy atom. The second-order valence-corrected chi connectivity index (χ2v) is 21.1. The van der Waals surface area contributed by atoms with E-state index in [1.807, 2.05) is 80.9 Å². The number of aliphatic hydroxyl groups is 10. The van der Waals surface area contributed by atoms with Crippen LogP contribution in [0.1, 0.15) is 85.2 Å². The zero-order valence-electron chi connectivity index (χ0n) is 41.1. The standard InChI is InChI=1S/C49H70N4O18S2/c1-48(2)32-24-30(46(64)50-26-36(56)42(60)44(62)38(58)28-54)16-18-34(32)52(20-10-12-22-72-71-70-66)40(48)14-8-6-5-7-9-15-41-49(3,4)33-25-31(17-19-35(33)53(41)21-11-13-23-73(67,68)69)47(65)51-27-37(57)43(61)45(63)39(59)29-55/h5-9,14-19,24-25,36-39,42-45,54-63H,10-13,20-23,26-29H2,1-4H3,(H3-,50,51,64,65,66,67,68,69)/p+1. The molecule has 0 aromatic heterocycles. The number of carbonyl (C=O) groups excluding carboxylic acids is 2. The number of benzene rings is 2. The van der Waals surface area contributed by atoms with Gasteiger partial charge in [-0.25, -0.2) is 5.26 Å². The Bertz CT molecular complexity index is 2450. The minimum Gasteiger partial charge on any atom is -0.394 e. The third kappa shape index (κ3) is 16.3. The van der Waals surface area contributed by atoms with E-state index in [-0.39, 0.29) is 17.5 Å². The van der Waals surface area contributed by atoms with Crippen molar-refractivity contribution in [1.29, 1.82) is 0 Å². The first-order valence-corrected chi connectivity index (χ1v) is 26.2. The summed E-state index contributed by atoms with van der Waals surface area (Å²) in [5, 5.41) is 116. The van der Waals surface area contributed by atoms with Crippen LogP contribution in [-0.4, -0.2) is 191 Å². The maximum Gasteiger partial charge on any atom is 0.264 e. The van der Waals surface area contributed by atoms with E-state index in [0.717, 1.165) is 46.0 Å². The van der Waals surface area contributed by atoms with Crippen molar-refractivity contribution in [3.8, 4) is 0 Å². The molecule has 0 fully saturated rings. The summed E-state index contributed by atoms with van der Waals surface area (Å²) >= 11 is 0.956. The summed E-state index contributed by atoms with van der Waals surface area (Å²) in [4.78, 5) is 28.7. The molecule has 73 heavy (non-hydrogen) atoms. The van der Waals surface area contributed by atoms with Crippen molar-refractivity contribution in [3.63, 3.8) is 0 Å². The topological polar surface area (TPSA) is 360 Å². The molecular weight excluding hydrogens is 997 g/mol. The highest BCUT2D eigenvalue weighted by molar-refractivity contribution is 7.94.